The average molecular weight is 467 g/mol. The van der Waals surface area contributed by atoms with Gasteiger partial charge in [0.1, 0.15) is 5.76 Å². The molecule has 2 amide bonds. The van der Waals surface area contributed by atoms with Gasteiger partial charge < -0.3 is 19.5 Å². The third kappa shape index (κ3) is 4.90. The Balaban J connectivity index is 1.22. The fraction of sp³-hybridized carbons (Fsp3) is 0.391. The minimum atomic E-state index is -0.125. The van der Waals surface area contributed by atoms with Crippen LogP contribution in [0.15, 0.2) is 52.2 Å². The first-order valence-electron chi connectivity index (χ1n) is 11.2. The molecule has 2 saturated heterocycles. The van der Waals surface area contributed by atoms with E-state index in [4.69, 9.17) is 4.42 Å². The van der Waals surface area contributed by atoms with Crippen LogP contribution in [0.1, 0.15) is 31.4 Å². The van der Waals surface area contributed by atoms with Gasteiger partial charge in [-0.1, -0.05) is 11.8 Å². The lowest BCUT2D eigenvalue weighted by atomic mass is 10.2. The Morgan fingerprint density at radius 2 is 1.88 bits per heavy atom. The van der Waals surface area contributed by atoms with Crippen LogP contribution in [-0.2, 0) is 16.1 Å². The predicted molar refractivity (Wildman–Crippen MR) is 127 cm³/mol. The third-order valence-corrected chi connectivity index (χ3v) is 6.82. The monoisotopic (exact) mass is 466 g/mol. The lowest BCUT2D eigenvalue weighted by molar-refractivity contribution is -0.117. The van der Waals surface area contributed by atoms with Gasteiger partial charge in [0.05, 0.1) is 18.6 Å². The molecular formula is C23H26N6O3S. The number of carbonyl (C=O) groups is 2. The minimum Gasteiger partial charge on any atom is -0.467 e. The summed E-state index contributed by atoms with van der Waals surface area (Å²) in [6.07, 6.45) is 5.42. The topological polar surface area (TPSA) is 96.5 Å². The smallest absolute Gasteiger partial charge is 0.234 e. The molecule has 0 radical (unpaired) electrons. The van der Waals surface area contributed by atoms with Crippen LogP contribution in [0.25, 0.3) is 0 Å². The van der Waals surface area contributed by atoms with Crippen molar-refractivity contribution in [1.29, 1.82) is 0 Å². The van der Waals surface area contributed by atoms with Crippen LogP contribution < -0.4 is 15.1 Å². The van der Waals surface area contributed by atoms with Crippen molar-refractivity contribution < 1.29 is 14.0 Å². The number of anilines is 3. The number of nitrogens with one attached hydrogen (secondary N) is 1. The molecule has 2 fully saturated rings. The van der Waals surface area contributed by atoms with Gasteiger partial charge >= 0.3 is 0 Å². The van der Waals surface area contributed by atoms with Crippen LogP contribution in [0, 0.1) is 0 Å². The summed E-state index contributed by atoms with van der Waals surface area (Å²) >= 11 is 1.36. The highest BCUT2D eigenvalue weighted by atomic mass is 32.2. The van der Waals surface area contributed by atoms with Crippen molar-refractivity contribution in [3.63, 3.8) is 0 Å². The van der Waals surface area contributed by atoms with Crippen molar-refractivity contribution in [1.82, 2.24) is 14.8 Å². The van der Waals surface area contributed by atoms with E-state index in [0.29, 0.717) is 23.8 Å². The van der Waals surface area contributed by atoms with Gasteiger partial charge in [0.2, 0.25) is 17.8 Å². The number of hydrogen-bond acceptors (Lipinski definition) is 7. The van der Waals surface area contributed by atoms with E-state index in [1.807, 2.05) is 41.0 Å². The highest BCUT2D eigenvalue weighted by Gasteiger charge is 2.23. The predicted octanol–water partition coefficient (Wildman–Crippen LogP) is 3.38. The lowest BCUT2D eigenvalue weighted by Gasteiger charge is -2.17. The summed E-state index contributed by atoms with van der Waals surface area (Å²) in [4.78, 5) is 28.5. The molecule has 1 N–H and O–H groups in total. The van der Waals surface area contributed by atoms with E-state index in [0.717, 1.165) is 56.3 Å². The summed E-state index contributed by atoms with van der Waals surface area (Å²) in [5, 5.41) is 12.4. The van der Waals surface area contributed by atoms with E-state index in [1.165, 1.54) is 11.8 Å². The molecule has 0 spiro atoms. The Morgan fingerprint density at radius 1 is 1.06 bits per heavy atom. The summed E-state index contributed by atoms with van der Waals surface area (Å²) in [5.41, 5.74) is 1.57. The van der Waals surface area contributed by atoms with Crippen LogP contribution in [0.2, 0.25) is 0 Å². The Labute approximate surface area is 196 Å². The molecule has 5 rings (SSSR count). The molecule has 0 unspecified atom stereocenters. The Kier molecular flexibility index (Phi) is 6.34. The van der Waals surface area contributed by atoms with E-state index in [2.05, 4.69) is 20.4 Å². The van der Waals surface area contributed by atoms with Crippen molar-refractivity contribution in [2.75, 3.05) is 40.5 Å². The van der Waals surface area contributed by atoms with E-state index in [9.17, 15) is 9.59 Å². The molecule has 172 valence electrons. The van der Waals surface area contributed by atoms with Crippen LogP contribution in [-0.4, -0.2) is 52.0 Å². The fourth-order valence-corrected chi connectivity index (χ4v) is 4.94. The molecule has 2 aromatic heterocycles. The second-order valence-electron chi connectivity index (χ2n) is 8.17. The minimum absolute atomic E-state index is 0.125. The number of furan rings is 1. The maximum absolute atomic E-state index is 12.6. The number of carbonyl (C=O) groups excluding carboxylic acids is 2. The molecule has 4 heterocycles. The summed E-state index contributed by atoms with van der Waals surface area (Å²) in [5.74, 6) is 1.87. The van der Waals surface area contributed by atoms with Crippen molar-refractivity contribution >= 4 is 40.9 Å². The highest BCUT2D eigenvalue weighted by molar-refractivity contribution is 7.99. The second-order valence-corrected chi connectivity index (χ2v) is 9.12. The van der Waals surface area contributed by atoms with Gasteiger partial charge in [-0.15, -0.1) is 10.2 Å². The van der Waals surface area contributed by atoms with Gasteiger partial charge in [0.15, 0.2) is 5.16 Å². The maximum atomic E-state index is 12.6. The number of nitrogens with zero attached hydrogens (tertiary/aromatic N) is 5. The van der Waals surface area contributed by atoms with Crippen molar-refractivity contribution in [3.05, 3.63) is 48.4 Å². The third-order valence-electron chi connectivity index (χ3n) is 5.85. The second kappa shape index (κ2) is 9.70. The van der Waals surface area contributed by atoms with Crippen LogP contribution >= 0.6 is 11.8 Å². The highest BCUT2D eigenvalue weighted by Crippen LogP contribution is 2.27. The van der Waals surface area contributed by atoms with Gasteiger partial charge in [-0.3, -0.25) is 14.2 Å². The van der Waals surface area contributed by atoms with E-state index in [-0.39, 0.29) is 17.6 Å². The molecule has 3 aromatic rings. The van der Waals surface area contributed by atoms with Gasteiger partial charge in [0.25, 0.3) is 0 Å². The van der Waals surface area contributed by atoms with Crippen LogP contribution in [0.5, 0.6) is 0 Å². The first-order chi connectivity index (χ1) is 16.2. The molecule has 0 aliphatic carbocycles. The molecule has 0 saturated carbocycles. The van der Waals surface area contributed by atoms with E-state index in [1.54, 1.807) is 11.2 Å². The van der Waals surface area contributed by atoms with Crippen LogP contribution in [0.4, 0.5) is 17.3 Å². The summed E-state index contributed by atoms with van der Waals surface area (Å²) in [6, 6.07) is 11.2. The molecule has 10 heteroatoms. The Morgan fingerprint density at radius 3 is 2.58 bits per heavy atom. The largest absolute Gasteiger partial charge is 0.467 e. The number of hydrogen-bond donors (Lipinski definition) is 1. The maximum Gasteiger partial charge on any atom is 0.234 e. The molecule has 33 heavy (non-hydrogen) atoms. The number of amides is 2. The van der Waals surface area contributed by atoms with E-state index >= 15 is 0 Å². The number of thioether (sulfide) groups is 1. The molecule has 0 atom stereocenters. The first kappa shape index (κ1) is 21.6. The lowest BCUT2D eigenvalue weighted by Crippen LogP contribution is -2.23. The summed E-state index contributed by atoms with van der Waals surface area (Å²) < 4.78 is 7.55. The molecule has 2 aliphatic rings. The molecule has 9 nitrogen and oxygen atoms in total. The zero-order chi connectivity index (χ0) is 22.6. The van der Waals surface area contributed by atoms with E-state index < -0.39 is 0 Å². The Hall–Kier alpha value is -3.27. The van der Waals surface area contributed by atoms with Gasteiger partial charge in [-0.05, 0) is 55.7 Å². The number of rotatable bonds is 8. The Bertz CT molecular complexity index is 1110. The quantitative estimate of drug-likeness (QED) is 0.509. The van der Waals surface area contributed by atoms with Crippen molar-refractivity contribution in [3.8, 4) is 0 Å². The molecule has 1 aromatic carbocycles. The SMILES string of the molecule is O=C(CSc1nnc(N2CCCC2)n1Cc1ccco1)Nc1ccc(N2CCCC2=O)cc1. The first-order valence-corrected chi connectivity index (χ1v) is 12.2. The zero-order valence-electron chi connectivity index (χ0n) is 18.3. The van der Waals surface area contributed by atoms with Crippen molar-refractivity contribution in [2.24, 2.45) is 0 Å². The normalized spacial score (nSPS) is 16.1. The van der Waals surface area contributed by atoms with Crippen molar-refractivity contribution in [2.45, 2.75) is 37.4 Å². The summed E-state index contributed by atoms with van der Waals surface area (Å²) in [7, 11) is 0. The molecule has 0 bridgehead atoms. The average Bonchev–Trinajstić information content (AvgIpc) is 3.62. The van der Waals surface area contributed by atoms with Gasteiger partial charge in [-0.2, -0.15) is 0 Å². The van der Waals surface area contributed by atoms with Gasteiger partial charge in [-0.25, -0.2) is 0 Å². The fourth-order valence-electron chi connectivity index (χ4n) is 4.21. The number of aromatic nitrogens is 3. The zero-order valence-corrected chi connectivity index (χ0v) is 19.1. The number of benzene rings is 1. The molecular weight excluding hydrogens is 440 g/mol. The standard InChI is InChI=1S/C23H26N6O3S/c30-20(24-17-7-9-18(10-8-17)28-13-3-6-21(28)31)16-33-23-26-25-22(27-11-1-2-12-27)29(23)15-19-5-4-14-32-19/h4-5,7-10,14H,1-3,6,11-13,15-16H2,(H,24,30). The van der Waals surface area contributed by atoms with Crippen LogP contribution in [0.3, 0.4) is 0 Å². The molecule has 2 aliphatic heterocycles. The summed E-state index contributed by atoms with van der Waals surface area (Å²) in [6.45, 7) is 3.19. The van der Waals surface area contributed by atoms with Gasteiger partial charge in [0, 0.05) is 37.4 Å².